The van der Waals surface area contributed by atoms with Gasteiger partial charge >= 0.3 is 0 Å². The van der Waals surface area contributed by atoms with Crippen LogP contribution in [0.5, 0.6) is 5.75 Å². The molecule has 2 bridgehead atoms. The highest BCUT2D eigenvalue weighted by Gasteiger charge is 2.46. The summed E-state index contributed by atoms with van der Waals surface area (Å²) in [5, 5.41) is 11.0. The van der Waals surface area contributed by atoms with Crippen LogP contribution in [-0.2, 0) is 6.42 Å². The molecule has 3 saturated heterocycles. The molecular formula is C21H25NO2. The fourth-order valence-electron chi connectivity index (χ4n) is 4.12. The lowest BCUT2D eigenvalue weighted by atomic mass is 9.76. The summed E-state index contributed by atoms with van der Waals surface area (Å²) in [7, 11) is 0. The summed E-state index contributed by atoms with van der Waals surface area (Å²) >= 11 is 0. The first kappa shape index (κ1) is 15.7. The van der Waals surface area contributed by atoms with Crippen molar-refractivity contribution >= 4 is 0 Å². The van der Waals surface area contributed by atoms with Gasteiger partial charge < -0.3 is 14.7 Å². The van der Waals surface area contributed by atoms with E-state index in [1.54, 1.807) is 0 Å². The summed E-state index contributed by atoms with van der Waals surface area (Å²) in [5.74, 6) is 1.27. The van der Waals surface area contributed by atoms with Gasteiger partial charge in [0, 0.05) is 13.0 Å². The lowest BCUT2D eigenvalue weighted by Gasteiger charge is -2.50. The van der Waals surface area contributed by atoms with Crippen LogP contribution in [0, 0.1) is 5.92 Å². The number of fused-ring (bicyclic) bond motifs is 3. The molecule has 126 valence electrons. The number of para-hydroxylation sites is 1. The number of hydrogen-bond acceptors (Lipinski definition) is 3. The lowest BCUT2D eigenvalue weighted by Crippen LogP contribution is -2.61. The maximum absolute atomic E-state index is 11.0. The third-order valence-electron chi connectivity index (χ3n) is 5.53. The van der Waals surface area contributed by atoms with Gasteiger partial charge in [0.1, 0.15) is 18.0 Å². The Morgan fingerprint density at radius 1 is 1.00 bits per heavy atom. The summed E-state index contributed by atoms with van der Waals surface area (Å²) < 4.78 is 6.13. The molecule has 1 unspecified atom stereocenters. The highest BCUT2D eigenvalue weighted by molar-refractivity contribution is 5.37. The van der Waals surface area contributed by atoms with E-state index in [4.69, 9.17) is 4.74 Å². The van der Waals surface area contributed by atoms with Gasteiger partial charge in [-0.3, -0.25) is 0 Å². The zero-order valence-corrected chi connectivity index (χ0v) is 14.0. The number of rotatable bonds is 5. The van der Waals surface area contributed by atoms with Crippen LogP contribution in [0.25, 0.3) is 0 Å². The first-order valence-corrected chi connectivity index (χ1v) is 8.92. The molecule has 24 heavy (non-hydrogen) atoms. The first-order valence-electron chi connectivity index (χ1n) is 8.92. The quantitative estimate of drug-likeness (QED) is 0.918. The molecule has 3 aliphatic rings. The summed E-state index contributed by atoms with van der Waals surface area (Å²) in [6.45, 7) is 3.38. The lowest BCUT2D eigenvalue weighted by molar-refractivity contribution is -0.131. The molecule has 5 rings (SSSR count). The summed E-state index contributed by atoms with van der Waals surface area (Å²) in [6.07, 6.45) is 3.03. The van der Waals surface area contributed by atoms with Gasteiger partial charge in [0.2, 0.25) is 0 Å². The molecule has 3 heterocycles. The van der Waals surface area contributed by atoms with E-state index in [0.29, 0.717) is 12.5 Å². The van der Waals surface area contributed by atoms with Crippen molar-refractivity contribution in [2.24, 2.45) is 5.92 Å². The van der Waals surface area contributed by atoms with Gasteiger partial charge in [0.25, 0.3) is 0 Å². The number of aliphatic hydroxyl groups is 1. The van der Waals surface area contributed by atoms with Crippen molar-refractivity contribution in [3.63, 3.8) is 0 Å². The Labute approximate surface area is 143 Å². The maximum atomic E-state index is 11.0. The fraction of sp³-hybridized carbons (Fsp3) is 0.429. The van der Waals surface area contributed by atoms with Crippen LogP contribution in [0.3, 0.4) is 0 Å². The highest BCUT2D eigenvalue weighted by atomic mass is 16.5. The molecule has 0 spiro atoms. The number of piperidine rings is 3. The van der Waals surface area contributed by atoms with Crippen molar-refractivity contribution in [3.05, 3.63) is 65.7 Å². The van der Waals surface area contributed by atoms with Gasteiger partial charge in [-0.2, -0.15) is 0 Å². The Bertz CT molecular complexity index is 679. The fourth-order valence-corrected chi connectivity index (χ4v) is 4.12. The second kappa shape index (κ2) is 6.58. The van der Waals surface area contributed by atoms with Crippen molar-refractivity contribution in [1.29, 1.82) is 0 Å². The van der Waals surface area contributed by atoms with E-state index in [9.17, 15) is 5.11 Å². The van der Waals surface area contributed by atoms with Crippen molar-refractivity contribution < 1.29 is 9.84 Å². The smallest absolute Gasteiger partial charge is 0.122 e. The molecule has 2 aromatic rings. The van der Waals surface area contributed by atoms with Gasteiger partial charge in [0.05, 0.1) is 0 Å². The normalized spacial score (nSPS) is 28.7. The molecule has 1 N–H and O–H groups in total. The van der Waals surface area contributed by atoms with E-state index in [1.807, 2.05) is 24.3 Å². The minimum absolute atomic E-state index is 0.379. The predicted molar refractivity (Wildman–Crippen MR) is 95.3 cm³/mol. The monoisotopic (exact) mass is 323 g/mol. The maximum Gasteiger partial charge on any atom is 0.122 e. The summed E-state index contributed by atoms with van der Waals surface area (Å²) in [4.78, 5) is 2.36. The number of ether oxygens (including phenoxy) is 1. The van der Waals surface area contributed by atoms with Crippen LogP contribution in [0.15, 0.2) is 54.6 Å². The molecule has 0 saturated carbocycles. The van der Waals surface area contributed by atoms with Gasteiger partial charge in [-0.25, -0.2) is 0 Å². The van der Waals surface area contributed by atoms with Crippen LogP contribution in [-0.4, -0.2) is 41.8 Å². The van der Waals surface area contributed by atoms with Crippen molar-refractivity contribution in [2.45, 2.75) is 24.9 Å². The first-order chi connectivity index (χ1) is 11.7. The van der Waals surface area contributed by atoms with Crippen LogP contribution < -0.4 is 4.74 Å². The number of benzene rings is 2. The molecule has 0 amide bonds. The Morgan fingerprint density at radius 3 is 2.42 bits per heavy atom. The Hall–Kier alpha value is -1.84. The Kier molecular flexibility index (Phi) is 4.30. The molecule has 0 radical (unpaired) electrons. The molecule has 3 fully saturated rings. The number of nitrogens with zero attached hydrogens (tertiary/aromatic N) is 1. The Balaban J connectivity index is 1.47. The summed E-state index contributed by atoms with van der Waals surface area (Å²) in [6, 6.07) is 18.6. The second-order valence-electron chi connectivity index (χ2n) is 7.21. The van der Waals surface area contributed by atoms with E-state index >= 15 is 0 Å². The van der Waals surface area contributed by atoms with Crippen LogP contribution >= 0.6 is 0 Å². The zero-order chi connectivity index (χ0) is 16.4. The van der Waals surface area contributed by atoms with Crippen molar-refractivity contribution in [2.75, 3.05) is 26.2 Å². The van der Waals surface area contributed by atoms with Gasteiger partial charge in [0.15, 0.2) is 0 Å². The van der Waals surface area contributed by atoms with E-state index < -0.39 is 5.60 Å². The van der Waals surface area contributed by atoms with E-state index in [0.717, 1.165) is 44.6 Å². The predicted octanol–water partition coefficient (Wildman–Crippen LogP) is 3.11. The topological polar surface area (TPSA) is 32.7 Å². The van der Waals surface area contributed by atoms with Gasteiger partial charge in [-0.05, 0) is 49.0 Å². The largest absolute Gasteiger partial charge is 0.490 e. The van der Waals surface area contributed by atoms with Gasteiger partial charge in [-0.1, -0.05) is 48.5 Å². The minimum Gasteiger partial charge on any atom is -0.490 e. The average Bonchev–Trinajstić information content (AvgIpc) is 2.63. The molecule has 1 atom stereocenters. The van der Waals surface area contributed by atoms with Crippen molar-refractivity contribution in [3.8, 4) is 5.75 Å². The zero-order valence-electron chi connectivity index (χ0n) is 14.0. The molecule has 3 aliphatic heterocycles. The standard InChI is InChI=1S/C21H25NO2/c23-21(15-22-12-10-19(21)11-13-22)16-24-20-9-5-4-8-18(20)14-17-6-2-1-3-7-17/h1-9,19,23H,10-16H2. The molecule has 3 heteroatoms. The number of hydrogen-bond donors (Lipinski definition) is 1. The van der Waals surface area contributed by atoms with Gasteiger partial charge in [-0.15, -0.1) is 0 Å². The Morgan fingerprint density at radius 2 is 1.71 bits per heavy atom. The molecular weight excluding hydrogens is 298 g/mol. The van der Waals surface area contributed by atoms with Crippen LogP contribution in [0.1, 0.15) is 24.0 Å². The van der Waals surface area contributed by atoms with E-state index in [2.05, 4.69) is 35.2 Å². The summed E-state index contributed by atoms with van der Waals surface area (Å²) in [5.41, 5.74) is 1.75. The molecule has 0 aromatic heterocycles. The second-order valence-corrected chi connectivity index (χ2v) is 7.21. The van der Waals surface area contributed by atoms with Crippen molar-refractivity contribution in [1.82, 2.24) is 4.90 Å². The van der Waals surface area contributed by atoms with E-state index in [1.165, 1.54) is 11.1 Å². The van der Waals surface area contributed by atoms with Crippen LogP contribution in [0.4, 0.5) is 0 Å². The molecule has 3 nitrogen and oxygen atoms in total. The highest BCUT2D eigenvalue weighted by Crippen LogP contribution is 2.36. The molecule has 0 aliphatic carbocycles. The average molecular weight is 323 g/mol. The molecule has 2 aromatic carbocycles. The van der Waals surface area contributed by atoms with Crippen LogP contribution in [0.2, 0.25) is 0 Å². The van der Waals surface area contributed by atoms with E-state index in [-0.39, 0.29) is 0 Å². The third-order valence-corrected chi connectivity index (χ3v) is 5.53. The SMILES string of the molecule is OC1(COc2ccccc2Cc2ccccc2)CN2CCC1CC2. The minimum atomic E-state index is -0.698. The third kappa shape index (κ3) is 3.19.